The Morgan fingerprint density at radius 1 is 1.37 bits per heavy atom. The molecule has 0 spiro atoms. The minimum atomic E-state index is -4.85. The van der Waals surface area contributed by atoms with E-state index in [1.807, 2.05) is 0 Å². The van der Waals surface area contributed by atoms with E-state index >= 15 is 0 Å². The lowest BCUT2D eigenvalue weighted by molar-refractivity contribution is -0.140. The van der Waals surface area contributed by atoms with Gasteiger partial charge >= 0.3 is 12.1 Å². The summed E-state index contributed by atoms with van der Waals surface area (Å²) in [5.41, 5.74) is -2.34. The first-order valence-corrected chi connectivity index (χ1v) is 5.19. The molecular weight excluding hydrogens is 267 g/mol. The number of ether oxygens (including phenoxy) is 2. The van der Waals surface area contributed by atoms with Crippen molar-refractivity contribution in [2.45, 2.75) is 20.0 Å². The summed E-state index contributed by atoms with van der Waals surface area (Å²) in [4.78, 5) is 21.8. The molecule has 0 aromatic heterocycles. The third-order valence-corrected chi connectivity index (χ3v) is 1.93. The van der Waals surface area contributed by atoms with Gasteiger partial charge in [-0.2, -0.15) is 13.2 Å². The first-order valence-electron chi connectivity index (χ1n) is 5.19. The fourth-order valence-corrected chi connectivity index (χ4v) is 1.07. The van der Waals surface area contributed by atoms with Crippen molar-refractivity contribution in [3.8, 4) is 0 Å². The standard InChI is InChI=1S/C11H14F3NO4/c1-4-19-10(17)9(15-6-16)8(11(12,13)14)5-7(2)18-3/h5-6H,4H2,1-3H3,(H,15,16)/b7-5+,9-8-. The van der Waals surface area contributed by atoms with Gasteiger partial charge in [0.2, 0.25) is 6.41 Å². The molecule has 0 aromatic carbocycles. The lowest BCUT2D eigenvalue weighted by Gasteiger charge is -2.14. The van der Waals surface area contributed by atoms with Gasteiger partial charge < -0.3 is 14.8 Å². The second kappa shape index (κ2) is 7.45. The summed E-state index contributed by atoms with van der Waals surface area (Å²) in [5.74, 6) is -1.36. The molecule has 1 N–H and O–H groups in total. The largest absolute Gasteiger partial charge is 0.501 e. The molecule has 0 heterocycles. The summed E-state index contributed by atoms with van der Waals surface area (Å²) in [6, 6.07) is 0. The number of rotatable bonds is 6. The van der Waals surface area contributed by atoms with Crippen LogP contribution in [0.15, 0.2) is 23.1 Å². The highest BCUT2D eigenvalue weighted by Crippen LogP contribution is 2.30. The van der Waals surface area contributed by atoms with Crippen LogP contribution in [0.2, 0.25) is 0 Å². The summed E-state index contributed by atoms with van der Waals surface area (Å²) >= 11 is 0. The highest BCUT2D eigenvalue weighted by molar-refractivity contribution is 5.92. The molecule has 108 valence electrons. The van der Waals surface area contributed by atoms with Crippen molar-refractivity contribution >= 4 is 12.4 Å². The van der Waals surface area contributed by atoms with E-state index in [2.05, 4.69) is 9.47 Å². The number of hydrogen-bond donors (Lipinski definition) is 1. The topological polar surface area (TPSA) is 64.6 Å². The van der Waals surface area contributed by atoms with Crippen molar-refractivity contribution < 1.29 is 32.2 Å². The second-order valence-electron chi connectivity index (χ2n) is 3.23. The third kappa shape index (κ3) is 5.45. The van der Waals surface area contributed by atoms with Gasteiger partial charge in [0.25, 0.3) is 0 Å². The number of esters is 1. The Hall–Kier alpha value is -1.99. The van der Waals surface area contributed by atoms with E-state index in [4.69, 9.17) is 0 Å². The summed E-state index contributed by atoms with van der Waals surface area (Å²) in [6.45, 7) is 2.58. The Balaban J connectivity index is 5.85. The van der Waals surface area contributed by atoms with E-state index in [1.54, 1.807) is 5.32 Å². The zero-order valence-corrected chi connectivity index (χ0v) is 10.6. The molecule has 0 saturated carbocycles. The van der Waals surface area contributed by atoms with E-state index in [0.29, 0.717) is 6.08 Å². The van der Waals surface area contributed by atoms with Crippen LogP contribution in [0.1, 0.15) is 13.8 Å². The van der Waals surface area contributed by atoms with Crippen LogP contribution in [0.25, 0.3) is 0 Å². The van der Waals surface area contributed by atoms with Gasteiger partial charge in [-0.25, -0.2) is 4.79 Å². The number of amides is 1. The van der Waals surface area contributed by atoms with Gasteiger partial charge in [0.1, 0.15) is 5.70 Å². The minimum absolute atomic E-state index is 0.0338. The van der Waals surface area contributed by atoms with Gasteiger partial charge in [-0.05, 0) is 19.9 Å². The molecule has 8 heteroatoms. The summed E-state index contributed by atoms with van der Waals surface area (Å²) in [6.07, 6.45) is -4.28. The predicted molar refractivity (Wildman–Crippen MR) is 59.7 cm³/mol. The molecule has 0 unspecified atom stereocenters. The maximum atomic E-state index is 12.9. The van der Waals surface area contributed by atoms with Crippen molar-refractivity contribution in [2.24, 2.45) is 0 Å². The zero-order chi connectivity index (χ0) is 15.1. The molecule has 0 bridgehead atoms. The van der Waals surface area contributed by atoms with Crippen LogP contribution in [0, 0.1) is 0 Å². The molecule has 0 atom stereocenters. The first-order chi connectivity index (χ1) is 8.77. The Morgan fingerprint density at radius 2 is 1.95 bits per heavy atom. The van der Waals surface area contributed by atoms with Gasteiger partial charge in [0.15, 0.2) is 0 Å². The number of carbonyl (C=O) groups is 2. The van der Waals surface area contributed by atoms with Crippen molar-refractivity contribution in [1.29, 1.82) is 0 Å². The van der Waals surface area contributed by atoms with Crippen LogP contribution in [0.3, 0.4) is 0 Å². The SMILES string of the molecule is CCOC(=O)/C(NC=O)=C(\C=C(/C)OC)C(F)(F)F. The molecule has 0 aliphatic rings. The molecule has 0 fully saturated rings. The normalized spacial score (nSPS) is 13.5. The molecule has 5 nitrogen and oxygen atoms in total. The monoisotopic (exact) mass is 281 g/mol. The van der Waals surface area contributed by atoms with Crippen LogP contribution >= 0.6 is 0 Å². The van der Waals surface area contributed by atoms with Crippen LogP contribution in [0.4, 0.5) is 13.2 Å². The lowest BCUT2D eigenvalue weighted by Crippen LogP contribution is -2.27. The quantitative estimate of drug-likeness (QED) is 0.264. The number of hydrogen-bond acceptors (Lipinski definition) is 4. The third-order valence-electron chi connectivity index (χ3n) is 1.93. The van der Waals surface area contributed by atoms with Gasteiger partial charge in [0, 0.05) is 0 Å². The van der Waals surface area contributed by atoms with E-state index in [0.717, 1.165) is 0 Å². The maximum Gasteiger partial charge on any atom is 0.418 e. The molecular formula is C11H14F3NO4. The van der Waals surface area contributed by atoms with Gasteiger partial charge in [-0.3, -0.25) is 4.79 Å². The van der Waals surface area contributed by atoms with E-state index in [9.17, 15) is 22.8 Å². The average Bonchev–Trinajstić information content (AvgIpc) is 2.32. The summed E-state index contributed by atoms with van der Waals surface area (Å²) < 4.78 is 47.7. The fourth-order valence-electron chi connectivity index (χ4n) is 1.07. The summed E-state index contributed by atoms with van der Waals surface area (Å²) in [7, 11) is 1.18. The highest BCUT2D eigenvalue weighted by atomic mass is 19.4. The number of allylic oxidation sites excluding steroid dienone is 3. The Bertz CT molecular complexity index is 399. The molecule has 0 saturated heterocycles. The summed E-state index contributed by atoms with van der Waals surface area (Å²) in [5, 5.41) is 1.71. The number of methoxy groups -OCH3 is 1. The molecule has 0 rings (SSSR count). The Labute approximate surface area is 108 Å². The molecule has 0 aromatic rings. The van der Waals surface area contributed by atoms with Crippen LogP contribution in [-0.4, -0.2) is 32.3 Å². The molecule has 0 aliphatic heterocycles. The van der Waals surface area contributed by atoms with Crippen molar-refractivity contribution in [2.75, 3.05) is 13.7 Å². The second-order valence-corrected chi connectivity index (χ2v) is 3.23. The zero-order valence-electron chi connectivity index (χ0n) is 10.6. The minimum Gasteiger partial charge on any atom is -0.501 e. The Morgan fingerprint density at radius 3 is 2.32 bits per heavy atom. The lowest BCUT2D eigenvalue weighted by atomic mass is 10.1. The van der Waals surface area contributed by atoms with Crippen molar-refractivity contribution in [3.63, 3.8) is 0 Å². The van der Waals surface area contributed by atoms with Gasteiger partial charge in [-0.1, -0.05) is 0 Å². The van der Waals surface area contributed by atoms with E-state index in [1.165, 1.54) is 21.0 Å². The smallest absolute Gasteiger partial charge is 0.418 e. The number of alkyl halides is 3. The first kappa shape index (κ1) is 17.0. The van der Waals surface area contributed by atoms with E-state index < -0.39 is 23.4 Å². The molecule has 19 heavy (non-hydrogen) atoms. The number of halogens is 3. The fraction of sp³-hybridized carbons (Fsp3) is 0.455. The molecule has 1 amide bonds. The van der Waals surface area contributed by atoms with Gasteiger partial charge in [0.05, 0.1) is 25.0 Å². The van der Waals surface area contributed by atoms with Crippen molar-refractivity contribution in [1.82, 2.24) is 5.32 Å². The van der Waals surface area contributed by atoms with Crippen LogP contribution in [-0.2, 0) is 19.1 Å². The molecule has 0 radical (unpaired) electrons. The highest BCUT2D eigenvalue weighted by Gasteiger charge is 2.37. The molecule has 0 aliphatic carbocycles. The van der Waals surface area contributed by atoms with E-state index in [-0.39, 0.29) is 18.8 Å². The number of nitrogens with one attached hydrogen (secondary N) is 1. The van der Waals surface area contributed by atoms with Crippen LogP contribution in [0.5, 0.6) is 0 Å². The van der Waals surface area contributed by atoms with Crippen molar-refractivity contribution in [3.05, 3.63) is 23.1 Å². The average molecular weight is 281 g/mol. The van der Waals surface area contributed by atoms with Crippen LogP contribution < -0.4 is 5.32 Å². The van der Waals surface area contributed by atoms with Gasteiger partial charge in [-0.15, -0.1) is 0 Å². The predicted octanol–water partition coefficient (Wildman–Crippen LogP) is 1.66. The number of carbonyl (C=O) groups excluding carboxylic acids is 2. The Kier molecular flexibility index (Phi) is 6.67. The maximum absolute atomic E-state index is 12.9.